The number of nitrogens with zero attached hydrogens (tertiary/aromatic N) is 2. The van der Waals surface area contributed by atoms with Crippen LogP contribution in [0.4, 0.5) is 4.79 Å². The summed E-state index contributed by atoms with van der Waals surface area (Å²) in [6.45, 7) is 7.82. The van der Waals surface area contributed by atoms with Gasteiger partial charge in [0.25, 0.3) is 0 Å². The maximum absolute atomic E-state index is 11.8. The van der Waals surface area contributed by atoms with Gasteiger partial charge in [-0.15, -0.1) is 0 Å². The summed E-state index contributed by atoms with van der Waals surface area (Å²) in [5.74, 6) is 0. The number of carbonyl (C=O) groups excluding carboxylic acids is 1. The molecule has 0 spiro atoms. The van der Waals surface area contributed by atoms with E-state index in [1.54, 1.807) is 0 Å². The summed E-state index contributed by atoms with van der Waals surface area (Å²) in [5.41, 5.74) is 0.750. The normalized spacial score (nSPS) is 23.3. The van der Waals surface area contributed by atoms with Crippen molar-refractivity contribution in [2.45, 2.75) is 77.1 Å². The lowest BCUT2D eigenvalue weighted by molar-refractivity contribution is 0.0489. The van der Waals surface area contributed by atoms with E-state index in [9.17, 15) is 4.79 Å². The van der Waals surface area contributed by atoms with Crippen LogP contribution >= 0.6 is 0 Å². The van der Waals surface area contributed by atoms with Crippen molar-refractivity contribution < 1.29 is 9.53 Å². The van der Waals surface area contributed by atoms with E-state index >= 15 is 0 Å². The Bertz CT molecular complexity index is 513. The summed E-state index contributed by atoms with van der Waals surface area (Å²) >= 11 is 0. The molecule has 0 aliphatic heterocycles. The average Bonchev–Trinajstić information content (AvgIpc) is 2.85. The molecule has 1 atom stereocenters. The van der Waals surface area contributed by atoms with Gasteiger partial charge in [-0.05, 0) is 59.4 Å². The monoisotopic (exact) mass is 322 g/mol. The Labute approximate surface area is 139 Å². The molecule has 0 radical (unpaired) electrons. The zero-order valence-electron chi connectivity index (χ0n) is 14.9. The third kappa shape index (κ3) is 5.53. The van der Waals surface area contributed by atoms with E-state index in [1.165, 1.54) is 5.69 Å². The molecule has 2 N–H and O–H groups in total. The van der Waals surface area contributed by atoms with E-state index in [0.717, 1.165) is 25.7 Å². The van der Waals surface area contributed by atoms with E-state index in [-0.39, 0.29) is 18.2 Å². The number of ether oxygens (including phenoxy) is 1. The maximum Gasteiger partial charge on any atom is 0.407 e. The summed E-state index contributed by atoms with van der Waals surface area (Å²) in [6.07, 6.45) is 5.60. The predicted octanol–water partition coefficient (Wildman–Crippen LogP) is 2.91. The first-order valence-electron chi connectivity index (χ1n) is 8.48. The topological polar surface area (TPSA) is 68.2 Å². The van der Waals surface area contributed by atoms with Crippen molar-refractivity contribution in [3.63, 3.8) is 0 Å². The van der Waals surface area contributed by atoms with Crippen molar-refractivity contribution in [3.05, 3.63) is 18.0 Å². The number of hydrogen-bond acceptors (Lipinski definition) is 4. The Morgan fingerprint density at radius 2 is 1.91 bits per heavy atom. The summed E-state index contributed by atoms with van der Waals surface area (Å²) in [6, 6.07) is 3.03. The Morgan fingerprint density at radius 1 is 1.30 bits per heavy atom. The van der Waals surface area contributed by atoms with Gasteiger partial charge in [0.1, 0.15) is 5.60 Å². The molecular formula is C17H30N4O2. The second-order valence-corrected chi connectivity index (χ2v) is 7.46. The summed E-state index contributed by atoms with van der Waals surface area (Å²) < 4.78 is 7.23. The van der Waals surface area contributed by atoms with Gasteiger partial charge in [-0.1, -0.05) is 0 Å². The second-order valence-electron chi connectivity index (χ2n) is 7.46. The number of carbonyl (C=O) groups is 1. The first kappa shape index (κ1) is 17.8. The van der Waals surface area contributed by atoms with Gasteiger partial charge >= 0.3 is 6.09 Å². The minimum atomic E-state index is -0.443. The Balaban J connectivity index is 1.74. The van der Waals surface area contributed by atoms with Crippen molar-refractivity contribution in [1.29, 1.82) is 0 Å². The first-order valence-corrected chi connectivity index (χ1v) is 8.48. The minimum absolute atomic E-state index is 0.218. The molecule has 1 aromatic rings. The highest BCUT2D eigenvalue weighted by Crippen LogP contribution is 2.22. The van der Waals surface area contributed by atoms with E-state index < -0.39 is 5.60 Å². The number of amides is 1. The van der Waals surface area contributed by atoms with E-state index in [1.807, 2.05) is 44.8 Å². The molecule has 6 nitrogen and oxygen atoms in total. The first-order chi connectivity index (χ1) is 10.7. The molecule has 1 saturated carbocycles. The van der Waals surface area contributed by atoms with Crippen molar-refractivity contribution in [3.8, 4) is 0 Å². The van der Waals surface area contributed by atoms with Crippen LogP contribution < -0.4 is 10.6 Å². The molecule has 1 aromatic heterocycles. The molecule has 2 rings (SSSR count). The van der Waals surface area contributed by atoms with Crippen molar-refractivity contribution >= 4 is 6.09 Å². The molecule has 1 aliphatic carbocycles. The van der Waals surface area contributed by atoms with Crippen LogP contribution in [0.15, 0.2) is 12.3 Å². The second kappa shape index (κ2) is 7.34. The van der Waals surface area contributed by atoms with E-state index in [2.05, 4.69) is 22.7 Å². The Kier molecular flexibility index (Phi) is 5.68. The van der Waals surface area contributed by atoms with Gasteiger partial charge in [-0.3, -0.25) is 4.68 Å². The fraction of sp³-hybridized carbons (Fsp3) is 0.765. The molecule has 6 heteroatoms. The fourth-order valence-electron chi connectivity index (χ4n) is 3.13. The fourth-order valence-corrected chi connectivity index (χ4v) is 3.13. The molecule has 1 heterocycles. The number of nitrogens with one attached hydrogen (secondary N) is 2. The standard InChI is InChI=1S/C17H30N4O2/c1-12(15-10-11-18-21(15)5)19-13-6-8-14(9-7-13)20-16(22)23-17(2,3)4/h10-14,19H,6-9H2,1-5H3,(H,20,22). The molecule has 0 saturated heterocycles. The van der Waals surface area contributed by atoms with E-state index in [4.69, 9.17) is 4.74 Å². The Hall–Kier alpha value is -1.56. The van der Waals surface area contributed by atoms with Crippen LogP contribution in [0.2, 0.25) is 0 Å². The molecule has 0 aromatic carbocycles. The number of hydrogen-bond donors (Lipinski definition) is 2. The van der Waals surface area contributed by atoms with Crippen LogP contribution in [0.5, 0.6) is 0 Å². The van der Waals surface area contributed by atoms with Gasteiger partial charge in [-0.25, -0.2) is 4.79 Å². The van der Waals surface area contributed by atoms with Gasteiger partial charge < -0.3 is 15.4 Å². The number of alkyl carbamates (subject to hydrolysis) is 1. The summed E-state index contributed by atoms with van der Waals surface area (Å²) in [7, 11) is 1.97. The van der Waals surface area contributed by atoms with Crippen molar-refractivity contribution in [2.75, 3.05) is 0 Å². The van der Waals surface area contributed by atoms with Crippen molar-refractivity contribution in [1.82, 2.24) is 20.4 Å². The average molecular weight is 322 g/mol. The zero-order valence-corrected chi connectivity index (χ0v) is 14.9. The van der Waals surface area contributed by atoms with Crippen LogP contribution in [0, 0.1) is 0 Å². The lowest BCUT2D eigenvalue weighted by atomic mass is 9.90. The molecule has 1 fully saturated rings. The maximum atomic E-state index is 11.8. The van der Waals surface area contributed by atoms with Crippen LogP contribution in [0.3, 0.4) is 0 Å². The third-order valence-corrected chi connectivity index (χ3v) is 4.24. The molecular weight excluding hydrogens is 292 g/mol. The third-order valence-electron chi connectivity index (χ3n) is 4.24. The largest absolute Gasteiger partial charge is 0.444 e. The molecule has 23 heavy (non-hydrogen) atoms. The molecule has 130 valence electrons. The van der Waals surface area contributed by atoms with Gasteiger partial charge in [0.05, 0.1) is 5.69 Å². The molecule has 1 aliphatic rings. The van der Waals surface area contributed by atoms with Crippen LogP contribution in [0.25, 0.3) is 0 Å². The molecule has 1 amide bonds. The number of aryl methyl sites for hydroxylation is 1. The zero-order chi connectivity index (χ0) is 17.0. The lowest BCUT2D eigenvalue weighted by Gasteiger charge is -2.32. The van der Waals surface area contributed by atoms with Gasteiger partial charge in [0.15, 0.2) is 0 Å². The predicted molar refractivity (Wildman–Crippen MR) is 90.2 cm³/mol. The minimum Gasteiger partial charge on any atom is -0.444 e. The number of aromatic nitrogens is 2. The van der Waals surface area contributed by atoms with Crippen LogP contribution in [-0.2, 0) is 11.8 Å². The van der Waals surface area contributed by atoms with Crippen LogP contribution in [-0.4, -0.2) is 33.6 Å². The van der Waals surface area contributed by atoms with Gasteiger partial charge in [0, 0.05) is 31.4 Å². The molecule has 1 unspecified atom stereocenters. The smallest absolute Gasteiger partial charge is 0.407 e. The SMILES string of the molecule is CC(NC1CCC(NC(=O)OC(C)(C)C)CC1)c1ccnn1C. The Morgan fingerprint density at radius 3 is 2.43 bits per heavy atom. The van der Waals surface area contributed by atoms with E-state index in [0.29, 0.717) is 6.04 Å². The quantitative estimate of drug-likeness (QED) is 0.894. The summed E-state index contributed by atoms with van der Waals surface area (Å²) in [4.78, 5) is 11.8. The van der Waals surface area contributed by atoms with Crippen LogP contribution in [0.1, 0.15) is 65.1 Å². The van der Waals surface area contributed by atoms with Gasteiger partial charge in [0.2, 0.25) is 0 Å². The van der Waals surface area contributed by atoms with Gasteiger partial charge in [-0.2, -0.15) is 5.10 Å². The number of rotatable bonds is 4. The highest BCUT2D eigenvalue weighted by molar-refractivity contribution is 5.68. The highest BCUT2D eigenvalue weighted by atomic mass is 16.6. The van der Waals surface area contributed by atoms with Crippen molar-refractivity contribution in [2.24, 2.45) is 7.05 Å². The summed E-state index contributed by atoms with van der Waals surface area (Å²) in [5, 5.41) is 10.9. The highest BCUT2D eigenvalue weighted by Gasteiger charge is 2.25. The molecule has 0 bridgehead atoms. The lowest BCUT2D eigenvalue weighted by Crippen LogP contribution is -2.44.